The van der Waals surface area contributed by atoms with Crippen molar-refractivity contribution in [3.8, 4) is 0 Å². The molecule has 2 heterocycles. The number of aliphatic hydroxyl groups is 5. The van der Waals surface area contributed by atoms with Crippen LogP contribution in [0, 0.1) is 0 Å². The second-order valence-electron chi connectivity index (χ2n) is 6.02. The molecule has 0 aromatic heterocycles. The Hall–Kier alpha value is -0.850. The van der Waals surface area contributed by atoms with Gasteiger partial charge in [-0.05, 0) is 6.92 Å². The highest BCUT2D eigenvalue weighted by molar-refractivity contribution is 5.66. The van der Waals surface area contributed by atoms with E-state index in [9.17, 15) is 30.3 Å². The fraction of sp³-hybridized carbons (Fsp3) is 0.929. The molecule has 2 rings (SSSR count). The third-order valence-electron chi connectivity index (χ3n) is 4.14. The number of esters is 1. The molecule has 0 amide bonds. The van der Waals surface area contributed by atoms with E-state index >= 15 is 0 Å². The summed E-state index contributed by atoms with van der Waals surface area (Å²) >= 11 is 0. The zero-order valence-electron chi connectivity index (χ0n) is 13.4. The lowest BCUT2D eigenvalue weighted by atomic mass is 9.99. The van der Waals surface area contributed by atoms with Crippen LogP contribution in [0.25, 0.3) is 0 Å². The van der Waals surface area contributed by atoms with Crippen molar-refractivity contribution in [2.45, 2.75) is 69.0 Å². The van der Waals surface area contributed by atoms with Crippen LogP contribution in [0.15, 0.2) is 0 Å². The molecule has 0 aromatic carbocycles. The molecule has 0 saturated carbocycles. The maximum absolute atomic E-state index is 10.9. The maximum atomic E-state index is 10.9. The predicted molar refractivity (Wildman–Crippen MR) is 75.6 cm³/mol. The molecule has 2 aliphatic rings. The van der Waals surface area contributed by atoms with E-state index in [4.69, 9.17) is 18.9 Å². The number of ether oxygens (including phenoxy) is 4. The van der Waals surface area contributed by atoms with E-state index in [1.54, 1.807) is 0 Å². The van der Waals surface area contributed by atoms with E-state index in [1.807, 2.05) is 0 Å². The first kappa shape index (κ1) is 19.5. The van der Waals surface area contributed by atoms with Gasteiger partial charge in [0.2, 0.25) is 0 Å². The molecular formula is C14H24O10. The van der Waals surface area contributed by atoms with E-state index in [2.05, 4.69) is 0 Å². The van der Waals surface area contributed by atoms with Gasteiger partial charge >= 0.3 is 5.97 Å². The Kier molecular flexibility index (Phi) is 6.51. The first-order valence-electron chi connectivity index (χ1n) is 7.68. The van der Waals surface area contributed by atoms with Gasteiger partial charge in [0, 0.05) is 6.92 Å². The van der Waals surface area contributed by atoms with Crippen molar-refractivity contribution in [1.29, 1.82) is 0 Å². The number of hydrogen-bond donors (Lipinski definition) is 5. The molecular weight excluding hydrogens is 328 g/mol. The molecule has 0 aliphatic carbocycles. The van der Waals surface area contributed by atoms with Gasteiger partial charge < -0.3 is 44.5 Å². The lowest BCUT2D eigenvalue weighted by Gasteiger charge is -2.41. The Labute approximate surface area is 138 Å². The van der Waals surface area contributed by atoms with Crippen LogP contribution in [0.1, 0.15) is 13.8 Å². The lowest BCUT2D eigenvalue weighted by molar-refractivity contribution is -0.304. The van der Waals surface area contributed by atoms with E-state index in [0.29, 0.717) is 0 Å². The zero-order chi connectivity index (χ0) is 18.0. The van der Waals surface area contributed by atoms with Gasteiger partial charge in [-0.25, -0.2) is 0 Å². The van der Waals surface area contributed by atoms with Crippen LogP contribution in [0.3, 0.4) is 0 Å². The fourth-order valence-corrected chi connectivity index (χ4v) is 2.66. The Balaban J connectivity index is 1.87. The van der Waals surface area contributed by atoms with E-state index in [1.165, 1.54) is 13.8 Å². The van der Waals surface area contributed by atoms with Gasteiger partial charge in [0.05, 0.1) is 19.3 Å². The average Bonchev–Trinajstić information content (AvgIpc) is 2.53. The summed E-state index contributed by atoms with van der Waals surface area (Å²) in [5, 5.41) is 49.1. The molecule has 2 aliphatic heterocycles. The molecule has 9 atom stereocenters. The largest absolute Gasteiger partial charge is 0.457 e. The minimum atomic E-state index is -1.48. The van der Waals surface area contributed by atoms with Crippen molar-refractivity contribution in [1.82, 2.24) is 0 Å². The Bertz CT molecular complexity index is 432. The molecule has 2 saturated heterocycles. The van der Waals surface area contributed by atoms with Gasteiger partial charge in [-0.2, -0.15) is 0 Å². The molecule has 140 valence electrons. The van der Waals surface area contributed by atoms with Gasteiger partial charge in [0.1, 0.15) is 36.6 Å². The molecule has 24 heavy (non-hydrogen) atoms. The minimum Gasteiger partial charge on any atom is -0.457 e. The van der Waals surface area contributed by atoms with Crippen molar-refractivity contribution in [3.05, 3.63) is 0 Å². The summed E-state index contributed by atoms with van der Waals surface area (Å²) in [6, 6.07) is 0. The Morgan fingerprint density at radius 1 is 1.04 bits per heavy atom. The number of hydrogen-bond acceptors (Lipinski definition) is 10. The SMILES string of the molecule is CC(=O)O[C@H]1CO[C@H](CO[C@@H]2O[C@@H](C)[C@H](O)[C@@H](O)[C@H]2O)[C@@H](O)[C@@H]1O. The second-order valence-corrected chi connectivity index (χ2v) is 6.02. The first-order chi connectivity index (χ1) is 11.2. The molecule has 10 heteroatoms. The van der Waals surface area contributed by atoms with E-state index in [-0.39, 0.29) is 13.2 Å². The van der Waals surface area contributed by atoms with Crippen molar-refractivity contribution < 1.29 is 49.3 Å². The summed E-state index contributed by atoms with van der Waals surface area (Å²) < 4.78 is 20.7. The van der Waals surface area contributed by atoms with Gasteiger partial charge in [-0.3, -0.25) is 4.79 Å². The summed E-state index contributed by atoms with van der Waals surface area (Å²) in [5.41, 5.74) is 0. The summed E-state index contributed by atoms with van der Waals surface area (Å²) in [5.74, 6) is -0.607. The predicted octanol–water partition coefficient (Wildman–Crippen LogP) is -3.12. The highest BCUT2D eigenvalue weighted by Gasteiger charge is 2.44. The van der Waals surface area contributed by atoms with Crippen molar-refractivity contribution in [2.24, 2.45) is 0 Å². The summed E-state index contributed by atoms with van der Waals surface area (Å²) in [6.45, 7) is 2.31. The molecule has 2 fully saturated rings. The topological polar surface area (TPSA) is 155 Å². The van der Waals surface area contributed by atoms with Crippen LogP contribution in [0.2, 0.25) is 0 Å². The molecule has 10 nitrogen and oxygen atoms in total. The van der Waals surface area contributed by atoms with Gasteiger partial charge in [-0.15, -0.1) is 0 Å². The monoisotopic (exact) mass is 352 g/mol. The van der Waals surface area contributed by atoms with Crippen LogP contribution in [-0.4, -0.2) is 99.8 Å². The highest BCUT2D eigenvalue weighted by atomic mass is 16.7. The van der Waals surface area contributed by atoms with Gasteiger partial charge in [-0.1, -0.05) is 0 Å². The fourth-order valence-electron chi connectivity index (χ4n) is 2.66. The molecule has 0 radical (unpaired) electrons. The van der Waals surface area contributed by atoms with E-state index in [0.717, 1.165) is 0 Å². The Morgan fingerprint density at radius 3 is 2.33 bits per heavy atom. The molecule has 0 spiro atoms. The van der Waals surface area contributed by atoms with Crippen LogP contribution in [-0.2, 0) is 23.7 Å². The van der Waals surface area contributed by atoms with Crippen LogP contribution < -0.4 is 0 Å². The minimum absolute atomic E-state index is 0.127. The Morgan fingerprint density at radius 2 is 1.71 bits per heavy atom. The third-order valence-corrected chi connectivity index (χ3v) is 4.14. The molecule has 0 bridgehead atoms. The van der Waals surface area contributed by atoms with Gasteiger partial charge in [0.15, 0.2) is 12.4 Å². The van der Waals surface area contributed by atoms with Crippen LogP contribution in [0.5, 0.6) is 0 Å². The summed E-state index contributed by atoms with van der Waals surface area (Å²) in [7, 11) is 0. The quantitative estimate of drug-likeness (QED) is 0.328. The second kappa shape index (κ2) is 8.02. The number of rotatable bonds is 4. The molecule has 5 N–H and O–H groups in total. The highest BCUT2D eigenvalue weighted by Crippen LogP contribution is 2.24. The first-order valence-corrected chi connectivity index (χ1v) is 7.68. The molecule has 0 unspecified atom stereocenters. The van der Waals surface area contributed by atoms with Crippen LogP contribution in [0.4, 0.5) is 0 Å². The lowest BCUT2D eigenvalue weighted by Crippen LogP contribution is -2.59. The summed E-state index contributed by atoms with van der Waals surface area (Å²) in [6.07, 6.45) is -10.8. The number of carbonyl (C=O) groups is 1. The number of carbonyl (C=O) groups excluding carboxylic acids is 1. The third kappa shape index (κ3) is 4.21. The van der Waals surface area contributed by atoms with Crippen LogP contribution >= 0.6 is 0 Å². The summed E-state index contributed by atoms with van der Waals surface area (Å²) in [4.78, 5) is 10.9. The van der Waals surface area contributed by atoms with Crippen molar-refractivity contribution >= 4 is 5.97 Å². The number of aliphatic hydroxyl groups excluding tert-OH is 5. The van der Waals surface area contributed by atoms with E-state index < -0.39 is 61.1 Å². The van der Waals surface area contributed by atoms with Crippen molar-refractivity contribution in [3.63, 3.8) is 0 Å². The van der Waals surface area contributed by atoms with Gasteiger partial charge in [0.25, 0.3) is 0 Å². The zero-order valence-corrected chi connectivity index (χ0v) is 13.4. The normalized spacial score (nSPS) is 46.5. The standard InChI is InChI=1S/C14H24O10/c1-5-9(16)12(19)13(20)14(23-5)22-3-7-10(17)11(18)8(4-21-7)24-6(2)15/h5,7-14,16-20H,3-4H2,1-2H3/t5-,7+,8-,9-,10+,11+,12+,13+,14+/m0/s1. The smallest absolute Gasteiger partial charge is 0.303 e. The average molecular weight is 352 g/mol. The maximum Gasteiger partial charge on any atom is 0.303 e. The molecule has 0 aromatic rings. The van der Waals surface area contributed by atoms with Crippen molar-refractivity contribution in [2.75, 3.05) is 13.2 Å².